The van der Waals surface area contributed by atoms with Crippen LogP contribution in [-0.4, -0.2) is 32.7 Å². The van der Waals surface area contributed by atoms with Gasteiger partial charge in [0.05, 0.1) is 12.6 Å². The summed E-state index contributed by atoms with van der Waals surface area (Å²) < 4.78 is 5.90. The van der Waals surface area contributed by atoms with E-state index in [1.165, 1.54) is 6.07 Å². The predicted octanol–water partition coefficient (Wildman–Crippen LogP) is 6.75. The van der Waals surface area contributed by atoms with E-state index >= 15 is 0 Å². The molecule has 0 radical (unpaired) electrons. The van der Waals surface area contributed by atoms with Crippen LogP contribution < -0.4 is 4.74 Å². The third-order valence-electron chi connectivity index (χ3n) is 6.49. The lowest BCUT2D eigenvalue weighted by atomic mass is 9.95. The van der Waals surface area contributed by atoms with Gasteiger partial charge in [0.1, 0.15) is 22.9 Å². The first kappa shape index (κ1) is 23.9. The zero-order valence-electron chi connectivity index (χ0n) is 20.1. The van der Waals surface area contributed by atoms with E-state index in [0.717, 1.165) is 41.7 Å². The van der Waals surface area contributed by atoms with Crippen LogP contribution in [0.15, 0.2) is 72.8 Å². The smallest absolute Gasteiger partial charge is 0.273 e. The molecule has 2 heterocycles. The standard InChI is InChI=1S/C29H28ClN3O3/c1-2-3-7-16-36-22-13-10-20(11-14-22)28-25-26(23-17-21(30)12-15-24(23)34)31-32-27(25)29(35)33(28)18-19-8-5-4-6-9-19/h4-6,8-15,17,28,34H,2-3,7,16,18H2,1H3,(H,31,32). The molecule has 2 N–H and O–H groups in total. The van der Waals surface area contributed by atoms with Crippen molar-refractivity contribution in [1.29, 1.82) is 0 Å². The first-order valence-corrected chi connectivity index (χ1v) is 12.6. The van der Waals surface area contributed by atoms with Crippen LogP contribution in [-0.2, 0) is 6.54 Å². The van der Waals surface area contributed by atoms with Gasteiger partial charge in [-0.3, -0.25) is 9.89 Å². The van der Waals surface area contributed by atoms with Crippen LogP contribution >= 0.6 is 11.6 Å². The van der Waals surface area contributed by atoms with Crippen LogP contribution in [0.25, 0.3) is 11.3 Å². The maximum absolute atomic E-state index is 13.6. The number of unbranched alkanes of at least 4 members (excludes halogenated alkanes) is 2. The topological polar surface area (TPSA) is 78.5 Å². The predicted molar refractivity (Wildman–Crippen MR) is 140 cm³/mol. The summed E-state index contributed by atoms with van der Waals surface area (Å²) in [7, 11) is 0. The highest BCUT2D eigenvalue weighted by molar-refractivity contribution is 6.31. The lowest BCUT2D eigenvalue weighted by molar-refractivity contribution is 0.0730. The van der Waals surface area contributed by atoms with Crippen molar-refractivity contribution in [3.63, 3.8) is 0 Å². The Labute approximate surface area is 215 Å². The minimum atomic E-state index is -0.394. The summed E-state index contributed by atoms with van der Waals surface area (Å²) in [4.78, 5) is 15.4. The molecule has 3 aromatic carbocycles. The Morgan fingerprint density at radius 1 is 1.06 bits per heavy atom. The van der Waals surface area contributed by atoms with Crippen molar-refractivity contribution in [2.75, 3.05) is 6.61 Å². The van der Waals surface area contributed by atoms with Crippen molar-refractivity contribution in [3.8, 4) is 22.8 Å². The van der Waals surface area contributed by atoms with E-state index in [2.05, 4.69) is 17.1 Å². The maximum atomic E-state index is 13.6. The van der Waals surface area contributed by atoms with Gasteiger partial charge in [0.2, 0.25) is 0 Å². The average Bonchev–Trinajstić information content (AvgIpc) is 3.43. The second-order valence-corrected chi connectivity index (χ2v) is 9.40. The van der Waals surface area contributed by atoms with Crippen LogP contribution in [0, 0.1) is 0 Å². The molecule has 1 aliphatic heterocycles. The minimum Gasteiger partial charge on any atom is -0.507 e. The number of benzene rings is 3. The Kier molecular flexibility index (Phi) is 6.96. The number of halogens is 1. The van der Waals surface area contributed by atoms with Gasteiger partial charge in [-0.05, 0) is 47.9 Å². The molecule has 0 bridgehead atoms. The monoisotopic (exact) mass is 501 g/mol. The number of nitrogens with zero attached hydrogens (tertiary/aromatic N) is 2. The number of aromatic hydroxyl groups is 1. The molecule has 1 atom stereocenters. The number of aromatic nitrogens is 2. The number of hydrogen-bond acceptors (Lipinski definition) is 4. The number of fused-ring (bicyclic) bond motifs is 1. The van der Waals surface area contributed by atoms with Gasteiger partial charge in [-0.25, -0.2) is 0 Å². The van der Waals surface area contributed by atoms with E-state index in [1.807, 2.05) is 59.5 Å². The summed E-state index contributed by atoms with van der Waals surface area (Å²) in [6.45, 7) is 3.28. The number of nitrogens with one attached hydrogen (secondary N) is 1. The van der Waals surface area contributed by atoms with E-state index in [9.17, 15) is 9.90 Å². The molecule has 0 saturated heterocycles. The molecule has 7 heteroatoms. The first-order chi connectivity index (χ1) is 17.6. The van der Waals surface area contributed by atoms with Gasteiger partial charge < -0.3 is 14.7 Å². The Balaban J connectivity index is 1.54. The number of carbonyl (C=O) groups is 1. The van der Waals surface area contributed by atoms with Crippen molar-refractivity contribution >= 4 is 17.5 Å². The van der Waals surface area contributed by atoms with Crippen molar-refractivity contribution < 1.29 is 14.6 Å². The van der Waals surface area contributed by atoms with Gasteiger partial charge in [-0.15, -0.1) is 0 Å². The summed E-state index contributed by atoms with van der Waals surface area (Å²) in [6.07, 6.45) is 3.30. The van der Waals surface area contributed by atoms with E-state index in [4.69, 9.17) is 16.3 Å². The molecule has 4 aromatic rings. The fourth-order valence-corrected chi connectivity index (χ4v) is 4.85. The lowest BCUT2D eigenvalue weighted by Gasteiger charge is -2.27. The Morgan fingerprint density at radius 3 is 2.58 bits per heavy atom. The molecule has 0 spiro atoms. The third kappa shape index (κ3) is 4.69. The molecular weight excluding hydrogens is 474 g/mol. The van der Waals surface area contributed by atoms with Crippen molar-refractivity contribution in [3.05, 3.63) is 100 Å². The molecule has 0 aliphatic carbocycles. The fraction of sp³-hybridized carbons (Fsp3) is 0.241. The van der Waals surface area contributed by atoms with Crippen molar-refractivity contribution in [1.82, 2.24) is 15.1 Å². The van der Waals surface area contributed by atoms with Crippen LogP contribution in [0.3, 0.4) is 0 Å². The summed E-state index contributed by atoms with van der Waals surface area (Å²) >= 11 is 6.24. The molecular formula is C29H28ClN3O3. The molecule has 1 amide bonds. The van der Waals surface area contributed by atoms with Crippen molar-refractivity contribution in [2.24, 2.45) is 0 Å². The number of phenols is 1. The number of rotatable bonds is 9. The third-order valence-corrected chi connectivity index (χ3v) is 6.72. The van der Waals surface area contributed by atoms with Crippen LogP contribution in [0.5, 0.6) is 11.5 Å². The summed E-state index contributed by atoms with van der Waals surface area (Å²) in [5.74, 6) is 0.713. The zero-order valence-corrected chi connectivity index (χ0v) is 20.8. The number of amides is 1. The Bertz CT molecular complexity index is 1350. The largest absolute Gasteiger partial charge is 0.507 e. The molecule has 36 heavy (non-hydrogen) atoms. The van der Waals surface area contributed by atoms with Gasteiger partial charge >= 0.3 is 0 Å². The Hall–Kier alpha value is -3.77. The number of phenolic OH excluding ortho intramolecular Hbond substituents is 1. The van der Waals surface area contributed by atoms with Gasteiger partial charge in [0, 0.05) is 22.7 Å². The normalized spacial score (nSPS) is 14.8. The van der Waals surface area contributed by atoms with E-state index in [0.29, 0.717) is 35.1 Å². The quantitative estimate of drug-likeness (QED) is 0.249. The van der Waals surface area contributed by atoms with Crippen molar-refractivity contribution in [2.45, 2.75) is 38.8 Å². The molecule has 1 unspecified atom stereocenters. The number of ether oxygens (including phenoxy) is 1. The molecule has 0 saturated carbocycles. The molecule has 1 aliphatic rings. The summed E-state index contributed by atoms with van der Waals surface area (Å²) in [5, 5.41) is 18.4. The number of H-pyrrole nitrogens is 1. The average molecular weight is 502 g/mol. The van der Waals surface area contributed by atoms with E-state index in [1.54, 1.807) is 12.1 Å². The summed E-state index contributed by atoms with van der Waals surface area (Å²) in [5.41, 5.74) is 4.10. The SMILES string of the molecule is CCCCCOc1ccc(C2c3c(-c4cc(Cl)ccc4O)n[nH]c3C(=O)N2Cc2ccccc2)cc1. The molecule has 6 nitrogen and oxygen atoms in total. The molecule has 184 valence electrons. The zero-order chi connectivity index (χ0) is 25.1. The summed E-state index contributed by atoms with van der Waals surface area (Å²) in [6, 6.07) is 22.2. The minimum absolute atomic E-state index is 0.0530. The molecule has 5 rings (SSSR count). The molecule has 1 aromatic heterocycles. The van der Waals surface area contributed by atoms with Gasteiger partial charge in [0.25, 0.3) is 5.91 Å². The maximum Gasteiger partial charge on any atom is 0.273 e. The highest BCUT2D eigenvalue weighted by Crippen LogP contribution is 2.45. The van der Waals surface area contributed by atoms with Crippen LogP contribution in [0.4, 0.5) is 0 Å². The molecule has 0 fully saturated rings. The lowest BCUT2D eigenvalue weighted by Crippen LogP contribution is -2.29. The first-order valence-electron chi connectivity index (χ1n) is 12.2. The highest BCUT2D eigenvalue weighted by atomic mass is 35.5. The highest BCUT2D eigenvalue weighted by Gasteiger charge is 2.42. The second-order valence-electron chi connectivity index (χ2n) is 8.97. The van der Waals surface area contributed by atoms with E-state index < -0.39 is 6.04 Å². The van der Waals surface area contributed by atoms with Crippen LogP contribution in [0.2, 0.25) is 5.02 Å². The van der Waals surface area contributed by atoms with Gasteiger partial charge in [-0.2, -0.15) is 5.10 Å². The number of aromatic amines is 1. The van der Waals surface area contributed by atoms with Gasteiger partial charge in [0.15, 0.2) is 0 Å². The van der Waals surface area contributed by atoms with E-state index in [-0.39, 0.29) is 11.7 Å². The number of carbonyl (C=O) groups excluding carboxylic acids is 1. The van der Waals surface area contributed by atoms with Gasteiger partial charge in [-0.1, -0.05) is 73.8 Å². The fourth-order valence-electron chi connectivity index (χ4n) is 4.68. The number of hydrogen-bond donors (Lipinski definition) is 2. The second kappa shape index (κ2) is 10.5. The Morgan fingerprint density at radius 2 is 1.83 bits per heavy atom. The van der Waals surface area contributed by atoms with Crippen LogP contribution in [0.1, 0.15) is 59.4 Å².